The fraction of sp³-hybridized carbons (Fsp3) is 0.357. The molecular weight excluding hydrogens is 487 g/mol. The van der Waals surface area contributed by atoms with Gasteiger partial charge in [-0.3, -0.25) is 19.8 Å². The number of hydrogen-bond acceptors (Lipinski definition) is 5. The number of carbonyl (C=O) groups is 2. The molecule has 9 nitrogen and oxygen atoms in total. The van der Waals surface area contributed by atoms with Crippen molar-refractivity contribution in [3.63, 3.8) is 0 Å². The first-order chi connectivity index (χ1) is 18.4. The van der Waals surface area contributed by atoms with Gasteiger partial charge in [0.05, 0.1) is 17.4 Å². The van der Waals surface area contributed by atoms with Gasteiger partial charge in [0.1, 0.15) is 0 Å². The van der Waals surface area contributed by atoms with E-state index in [4.69, 9.17) is 4.74 Å². The number of hydrogen-bond donors (Lipinski definition) is 3. The molecule has 1 fully saturated rings. The summed E-state index contributed by atoms with van der Waals surface area (Å²) in [6.07, 6.45) is 2.92. The minimum atomic E-state index is -1.21. The van der Waals surface area contributed by atoms with E-state index < -0.39 is 17.3 Å². The summed E-state index contributed by atoms with van der Waals surface area (Å²) in [7, 11) is 1.56. The van der Waals surface area contributed by atoms with E-state index in [1.165, 1.54) is 0 Å². The second-order valence-corrected chi connectivity index (χ2v) is 9.66. The number of benzene rings is 2. The Morgan fingerprint density at radius 1 is 1.16 bits per heavy atom. The van der Waals surface area contributed by atoms with E-state index in [-0.39, 0.29) is 29.2 Å². The molecule has 0 bridgehead atoms. The number of aromatic nitrogens is 4. The molecule has 0 saturated carbocycles. The molecule has 0 radical (unpaired) electrons. The molecular formula is C28H31FN6O3. The standard InChI is InChI=1S/C28H31FN6O3/c1-4-20-24(29)25(34-31-20)26(36)30-23-16-21(32-33-23)22-14-7-8-15-35(22)27(37)28(2,38-3)19-13-9-11-17-10-5-6-12-18(17)19/h5-6,9-13,16,22H,4,7-8,14-15H2,1-3H3,(H,31,34)(H2,30,32,33,36)/t22?,28-/m0/s1. The monoisotopic (exact) mass is 518 g/mol. The van der Waals surface area contributed by atoms with Crippen LogP contribution in [0.15, 0.2) is 48.5 Å². The third kappa shape index (κ3) is 4.45. The SMILES string of the molecule is CCc1[nH]nc(C(=O)Nc2cc(C3CCCCN3C(=O)[C@@](C)(OC)c3cccc4ccccc34)[nH]n2)c1F. The van der Waals surface area contributed by atoms with Crippen molar-refractivity contribution in [3.8, 4) is 0 Å². The van der Waals surface area contributed by atoms with Gasteiger partial charge in [0.25, 0.3) is 11.8 Å². The fourth-order valence-corrected chi connectivity index (χ4v) is 5.22. The molecule has 1 aliphatic heterocycles. The number of piperidine rings is 1. The number of nitrogens with one attached hydrogen (secondary N) is 3. The fourth-order valence-electron chi connectivity index (χ4n) is 5.22. The number of halogens is 1. The summed E-state index contributed by atoms with van der Waals surface area (Å²) in [6.45, 7) is 4.14. The van der Waals surface area contributed by atoms with Crippen LogP contribution < -0.4 is 5.32 Å². The van der Waals surface area contributed by atoms with E-state index >= 15 is 0 Å². The van der Waals surface area contributed by atoms with E-state index in [2.05, 4.69) is 25.7 Å². The van der Waals surface area contributed by atoms with Crippen LogP contribution in [0.1, 0.15) is 66.6 Å². The molecule has 2 amide bonds. The number of methoxy groups -OCH3 is 1. The number of fused-ring (bicyclic) bond motifs is 1. The van der Waals surface area contributed by atoms with Crippen molar-refractivity contribution in [1.82, 2.24) is 25.3 Å². The lowest BCUT2D eigenvalue weighted by atomic mass is 9.87. The summed E-state index contributed by atoms with van der Waals surface area (Å²) in [5.74, 6) is -1.29. The van der Waals surface area contributed by atoms with Gasteiger partial charge < -0.3 is 15.0 Å². The summed E-state index contributed by atoms with van der Waals surface area (Å²) in [5, 5.41) is 18.1. The number of ether oxygens (including phenoxy) is 1. The molecule has 198 valence electrons. The van der Waals surface area contributed by atoms with Crippen LogP contribution in [0.3, 0.4) is 0 Å². The van der Waals surface area contributed by atoms with Crippen LogP contribution >= 0.6 is 0 Å². The smallest absolute Gasteiger partial charge is 0.280 e. The first kappa shape index (κ1) is 25.6. The largest absolute Gasteiger partial charge is 0.364 e. The van der Waals surface area contributed by atoms with Crippen LogP contribution in [0.5, 0.6) is 0 Å². The van der Waals surface area contributed by atoms with Crippen LogP contribution in [0, 0.1) is 5.82 Å². The Morgan fingerprint density at radius 3 is 2.71 bits per heavy atom. The van der Waals surface area contributed by atoms with Crippen molar-refractivity contribution in [1.29, 1.82) is 0 Å². The third-order valence-electron chi connectivity index (χ3n) is 7.43. The second-order valence-electron chi connectivity index (χ2n) is 9.66. The predicted molar refractivity (Wildman–Crippen MR) is 141 cm³/mol. The average Bonchev–Trinajstić information content (AvgIpc) is 3.57. The highest BCUT2D eigenvalue weighted by atomic mass is 19.1. The lowest BCUT2D eigenvalue weighted by Crippen LogP contribution is -2.49. The summed E-state index contributed by atoms with van der Waals surface area (Å²) in [5.41, 5.74) is 0.231. The van der Waals surface area contributed by atoms with Gasteiger partial charge in [0, 0.05) is 25.3 Å². The molecule has 2 atom stereocenters. The van der Waals surface area contributed by atoms with Crippen LogP contribution in [-0.2, 0) is 21.6 Å². The highest BCUT2D eigenvalue weighted by Gasteiger charge is 2.43. The molecule has 5 rings (SSSR count). The number of carbonyl (C=O) groups excluding carboxylic acids is 2. The van der Waals surface area contributed by atoms with Crippen molar-refractivity contribution >= 4 is 28.4 Å². The van der Waals surface area contributed by atoms with Gasteiger partial charge in [-0.05, 0) is 43.4 Å². The second kappa shape index (κ2) is 10.4. The van der Waals surface area contributed by atoms with Gasteiger partial charge in [-0.2, -0.15) is 10.2 Å². The molecule has 0 aliphatic carbocycles. The summed E-state index contributed by atoms with van der Waals surface area (Å²) in [4.78, 5) is 28.6. The predicted octanol–water partition coefficient (Wildman–Crippen LogP) is 4.86. The highest BCUT2D eigenvalue weighted by molar-refractivity contribution is 6.02. The molecule has 2 aromatic carbocycles. The number of nitrogens with zero attached hydrogens (tertiary/aromatic N) is 3. The number of aryl methyl sites for hydroxylation is 1. The van der Waals surface area contributed by atoms with Crippen molar-refractivity contribution in [2.45, 2.75) is 51.2 Å². The third-order valence-corrected chi connectivity index (χ3v) is 7.43. The minimum absolute atomic E-state index is 0.146. The molecule has 4 aromatic rings. The molecule has 3 heterocycles. The van der Waals surface area contributed by atoms with Gasteiger partial charge in [-0.25, -0.2) is 4.39 Å². The molecule has 2 aromatic heterocycles. The lowest BCUT2D eigenvalue weighted by Gasteiger charge is -2.41. The van der Waals surface area contributed by atoms with Crippen molar-refractivity contribution < 1.29 is 18.7 Å². The van der Waals surface area contributed by atoms with Crippen molar-refractivity contribution in [2.75, 3.05) is 19.0 Å². The Kier molecular flexibility index (Phi) is 6.98. The normalized spacial score (nSPS) is 17.4. The van der Waals surface area contributed by atoms with Crippen molar-refractivity contribution in [3.05, 3.63) is 77.0 Å². The van der Waals surface area contributed by atoms with Gasteiger partial charge in [0.2, 0.25) is 0 Å². The van der Waals surface area contributed by atoms with Gasteiger partial charge >= 0.3 is 0 Å². The molecule has 1 aliphatic rings. The van der Waals surface area contributed by atoms with E-state index in [1.54, 1.807) is 20.1 Å². The average molecular weight is 519 g/mol. The topological polar surface area (TPSA) is 116 Å². The van der Waals surface area contributed by atoms with Gasteiger partial charge in [-0.1, -0.05) is 49.4 Å². The lowest BCUT2D eigenvalue weighted by molar-refractivity contribution is -0.158. The molecule has 3 N–H and O–H groups in total. The number of amides is 2. The summed E-state index contributed by atoms with van der Waals surface area (Å²) >= 11 is 0. The quantitative estimate of drug-likeness (QED) is 0.323. The Morgan fingerprint density at radius 2 is 1.95 bits per heavy atom. The number of likely N-dealkylation sites (tertiary alicyclic amines) is 1. The molecule has 0 spiro atoms. The first-order valence-electron chi connectivity index (χ1n) is 12.8. The number of H-pyrrole nitrogens is 2. The van der Waals surface area contributed by atoms with Gasteiger partial charge in [-0.15, -0.1) is 0 Å². The molecule has 1 unspecified atom stereocenters. The summed E-state index contributed by atoms with van der Waals surface area (Å²) < 4.78 is 20.3. The zero-order valence-corrected chi connectivity index (χ0v) is 21.7. The number of aromatic amines is 2. The Hall–Kier alpha value is -4.05. The first-order valence-corrected chi connectivity index (χ1v) is 12.8. The minimum Gasteiger partial charge on any atom is -0.364 e. The Labute approximate surface area is 219 Å². The zero-order valence-electron chi connectivity index (χ0n) is 21.7. The number of rotatable bonds is 7. The van der Waals surface area contributed by atoms with Crippen LogP contribution in [0.4, 0.5) is 10.2 Å². The van der Waals surface area contributed by atoms with Gasteiger partial charge in [0.15, 0.2) is 22.9 Å². The van der Waals surface area contributed by atoms with Crippen LogP contribution in [-0.4, -0.2) is 50.8 Å². The van der Waals surface area contributed by atoms with Crippen molar-refractivity contribution in [2.24, 2.45) is 0 Å². The molecule has 10 heteroatoms. The van der Waals surface area contributed by atoms with E-state index in [1.807, 2.05) is 54.3 Å². The van der Waals surface area contributed by atoms with Crippen LogP contribution in [0.25, 0.3) is 10.8 Å². The Bertz CT molecular complexity index is 1480. The van der Waals surface area contributed by atoms with E-state index in [0.29, 0.717) is 18.7 Å². The highest BCUT2D eigenvalue weighted by Crippen LogP contribution is 2.38. The van der Waals surface area contributed by atoms with Crippen LogP contribution in [0.2, 0.25) is 0 Å². The number of anilines is 1. The molecule has 1 saturated heterocycles. The van der Waals surface area contributed by atoms with E-state index in [9.17, 15) is 14.0 Å². The Balaban J connectivity index is 1.41. The maximum Gasteiger partial charge on any atom is 0.280 e. The zero-order chi connectivity index (χ0) is 26.9. The maximum absolute atomic E-state index is 14.4. The van der Waals surface area contributed by atoms with E-state index in [0.717, 1.165) is 35.6 Å². The summed E-state index contributed by atoms with van der Waals surface area (Å²) in [6, 6.07) is 15.2. The molecule has 38 heavy (non-hydrogen) atoms. The maximum atomic E-state index is 14.4.